The molecule has 1 aromatic heterocycles. The van der Waals surface area contributed by atoms with Crippen molar-refractivity contribution in [3.8, 4) is 22.6 Å². The van der Waals surface area contributed by atoms with Gasteiger partial charge in [-0.15, -0.1) is 0 Å². The third-order valence-corrected chi connectivity index (χ3v) is 5.37. The van der Waals surface area contributed by atoms with Gasteiger partial charge in [0.2, 0.25) is 0 Å². The van der Waals surface area contributed by atoms with Crippen molar-refractivity contribution < 1.29 is 14.6 Å². The molecule has 0 atom stereocenters. The number of halogens is 1. The second kappa shape index (κ2) is 6.99. The molecule has 0 radical (unpaired) electrons. The van der Waals surface area contributed by atoms with Gasteiger partial charge in [-0.3, -0.25) is 9.78 Å². The van der Waals surface area contributed by atoms with Crippen molar-refractivity contribution in [1.82, 2.24) is 4.98 Å². The van der Waals surface area contributed by atoms with Gasteiger partial charge in [-0.05, 0) is 48.2 Å². The molecule has 5 nitrogen and oxygen atoms in total. The Morgan fingerprint density at radius 2 is 1.96 bits per heavy atom. The molecule has 0 spiro atoms. The van der Waals surface area contributed by atoms with Gasteiger partial charge in [-0.25, -0.2) is 0 Å². The highest BCUT2D eigenvalue weighted by molar-refractivity contribution is 6.32. The van der Waals surface area contributed by atoms with E-state index in [2.05, 4.69) is 4.98 Å². The molecule has 0 amide bonds. The average molecular weight is 397 g/mol. The first-order valence-corrected chi connectivity index (χ1v) is 9.49. The molecule has 4 rings (SSSR count). The molecule has 6 heteroatoms. The summed E-state index contributed by atoms with van der Waals surface area (Å²) in [6.07, 6.45) is 3.60. The van der Waals surface area contributed by atoms with E-state index < -0.39 is 0 Å². The zero-order valence-electron chi connectivity index (χ0n) is 16.0. The summed E-state index contributed by atoms with van der Waals surface area (Å²) in [7, 11) is 5.36. The van der Waals surface area contributed by atoms with Crippen LogP contribution in [0.1, 0.15) is 23.2 Å². The predicted octanol–water partition coefficient (Wildman–Crippen LogP) is 4.93. The quantitative estimate of drug-likeness (QED) is 0.619. The number of anilines is 1. The van der Waals surface area contributed by atoms with E-state index in [1.807, 2.05) is 37.2 Å². The van der Waals surface area contributed by atoms with Crippen molar-refractivity contribution in [2.75, 3.05) is 26.1 Å². The SMILES string of the molecule is COc1cc(-c2ccc3ncc(C(=O)C4CC4)c(N(C)C)c3c2)cc(Cl)c1O. The Labute approximate surface area is 168 Å². The van der Waals surface area contributed by atoms with Gasteiger partial charge in [0.05, 0.1) is 28.9 Å². The van der Waals surface area contributed by atoms with Gasteiger partial charge in [0, 0.05) is 31.6 Å². The van der Waals surface area contributed by atoms with Crippen LogP contribution in [0.25, 0.3) is 22.0 Å². The van der Waals surface area contributed by atoms with Gasteiger partial charge in [-0.1, -0.05) is 17.7 Å². The van der Waals surface area contributed by atoms with Crippen molar-refractivity contribution in [2.24, 2.45) is 5.92 Å². The Morgan fingerprint density at radius 3 is 2.61 bits per heavy atom. The Bertz CT molecular complexity index is 1090. The highest BCUT2D eigenvalue weighted by atomic mass is 35.5. The van der Waals surface area contributed by atoms with Crippen LogP contribution in [0.4, 0.5) is 5.69 Å². The van der Waals surface area contributed by atoms with Crippen molar-refractivity contribution in [3.63, 3.8) is 0 Å². The molecule has 0 unspecified atom stereocenters. The Morgan fingerprint density at radius 1 is 1.21 bits per heavy atom. The van der Waals surface area contributed by atoms with Gasteiger partial charge < -0.3 is 14.7 Å². The number of hydrogen-bond donors (Lipinski definition) is 1. The third-order valence-electron chi connectivity index (χ3n) is 5.08. The Hall–Kier alpha value is -2.79. The smallest absolute Gasteiger partial charge is 0.176 e. The van der Waals surface area contributed by atoms with Crippen LogP contribution in [0.3, 0.4) is 0 Å². The predicted molar refractivity (Wildman–Crippen MR) is 112 cm³/mol. The number of benzene rings is 2. The number of fused-ring (bicyclic) bond motifs is 1. The zero-order chi connectivity index (χ0) is 20.0. The number of hydrogen-bond acceptors (Lipinski definition) is 5. The highest BCUT2D eigenvalue weighted by Gasteiger charge is 2.32. The second-order valence-electron chi connectivity index (χ2n) is 7.29. The standard InChI is InChI=1S/C22H21ClN2O3/c1-25(2)20-15-8-13(14-9-17(23)22(27)19(10-14)28-3)6-7-18(15)24-11-16(20)21(26)12-4-5-12/h6-12,27H,4-5H2,1-3H3. The minimum atomic E-state index is -0.0818. The third kappa shape index (κ3) is 3.16. The molecule has 0 aliphatic heterocycles. The number of phenols is 1. The molecule has 3 aromatic rings. The van der Waals surface area contributed by atoms with E-state index in [1.165, 1.54) is 7.11 Å². The molecule has 28 heavy (non-hydrogen) atoms. The van der Waals surface area contributed by atoms with Crippen molar-refractivity contribution >= 4 is 34.0 Å². The summed E-state index contributed by atoms with van der Waals surface area (Å²) in [5, 5.41) is 11.1. The van der Waals surface area contributed by atoms with Gasteiger partial charge in [0.15, 0.2) is 17.3 Å². The zero-order valence-corrected chi connectivity index (χ0v) is 16.7. The summed E-state index contributed by atoms with van der Waals surface area (Å²) in [5.41, 5.74) is 4.06. The lowest BCUT2D eigenvalue weighted by Gasteiger charge is -2.20. The van der Waals surface area contributed by atoms with Crippen molar-refractivity contribution in [3.05, 3.63) is 47.1 Å². The van der Waals surface area contributed by atoms with Gasteiger partial charge in [-0.2, -0.15) is 0 Å². The van der Waals surface area contributed by atoms with E-state index in [0.29, 0.717) is 11.3 Å². The van der Waals surface area contributed by atoms with E-state index in [1.54, 1.807) is 18.3 Å². The van der Waals surface area contributed by atoms with Crippen molar-refractivity contribution in [1.29, 1.82) is 0 Å². The van der Waals surface area contributed by atoms with E-state index in [0.717, 1.165) is 40.6 Å². The molecule has 1 fully saturated rings. The maximum absolute atomic E-state index is 12.8. The first-order chi connectivity index (χ1) is 13.4. The lowest BCUT2D eigenvalue weighted by molar-refractivity contribution is 0.0968. The van der Waals surface area contributed by atoms with Gasteiger partial charge >= 0.3 is 0 Å². The molecule has 2 aromatic carbocycles. The number of aromatic hydroxyl groups is 1. The molecule has 1 aliphatic rings. The van der Waals surface area contributed by atoms with Crippen LogP contribution < -0.4 is 9.64 Å². The number of pyridine rings is 1. The summed E-state index contributed by atoms with van der Waals surface area (Å²) < 4.78 is 5.22. The molecule has 0 saturated heterocycles. The van der Waals surface area contributed by atoms with Crippen LogP contribution in [0.15, 0.2) is 36.5 Å². The van der Waals surface area contributed by atoms with Crippen LogP contribution in [0.2, 0.25) is 5.02 Å². The molecule has 1 N–H and O–H groups in total. The fraction of sp³-hybridized carbons (Fsp3) is 0.273. The van der Waals surface area contributed by atoms with E-state index >= 15 is 0 Å². The number of phenolic OH excluding ortho intramolecular Hbond substituents is 1. The number of methoxy groups -OCH3 is 1. The van der Waals surface area contributed by atoms with Gasteiger partial charge in [0.25, 0.3) is 0 Å². The molecule has 0 bridgehead atoms. The topological polar surface area (TPSA) is 62.7 Å². The average Bonchev–Trinajstić information content (AvgIpc) is 3.53. The van der Waals surface area contributed by atoms with Gasteiger partial charge in [0.1, 0.15) is 0 Å². The van der Waals surface area contributed by atoms with E-state index in [-0.39, 0.29) is 22.5 Å². The van der Waals surface area contributed by atoms with Crippen LogP contribution in [0, 0.1) is 5.92 Å². The van der Waals surface area contributed by atoms with Crippen LogP contribution >= 0.6 is 11.6 Å². The monoisotopic (exact) mass is 396 g/mol. The largest absolute Gasteiger partial charge is 0.503 e. The summed E-state index contributed by atoms with van der Waals surface area (Å²) in [4.78, 5) is 19.3. The molecular weight excluding hydrogens is 376 g/mol. The maximum Gasteiger partial charge on any atom is 0.176 e. The maximum atomic E-state index is 12.8. The summed E-state index contributed by atoms with van der Waals surface area (Å²) in [6.45, 7) is 0. The number of rotatable bonds is 5. The molecule has 1 saturated carbocycles. The molecule has 144 valence electrons. The number of ketones is 1. The van der Waals surface area contributed by atoms with E-state index in [4.69, 9.17) is 16.3 Å². The summed E-state index contributed by atoms with van der Waals surface area (Å²) in [5.74, 6) is 0.520. The minimum absolute atomic E-state index is 0.0818. The highest BCUT2D eigenvalue weighted by Crippen LogP contribution is 2.41. The lowest BCUT2D eigenvalue weighted by Crippen LogP contribution is -2.16. The fourth-order valence-electron chi connectivity index (χ4n) is 3.48. The van der Waals surface area contributed by atoms with Crippen LogP contribution in [0.5, 0.6) is 11.5 Å². The first kappa shape index (κ1) is 18.6. The molecular formula is C22H21ClN2O3. The number of Topliss-reactive ketones (excluding diaryl/α,β-unsaturated/α-hetero) is 1. The number of ether oxygens (including phenoxy) is 1. The summed E-state index contributed by atoms with van der Waals surface area (Å²) >= 11 is 6.16. The summed E-state index contributed by atoms with van der Waals surface area (Å²) in [6, 6.07) is 9.31. The fourth-order valence-corrected chi connectivity index (χ4v) is 3.69. The minimum Gasteiger partial charge on any atom is -0.503 e. The number of carbonyl (C=O) groups excluding carboxylic acids is 1. The Balaban J connectivity index is 1.92. The van der Waals surface area contributed by atoms with Crippen LogP contribution in [-0.4, -0.2) is 37.1 Å². The van der Waals surface area contributed by atoms with E-state index in [9.17, 15) is 9.90 Å². The number of aromatic nitrogens is 1. The number of carbonyl (C=O) groups is 1. The Kier molecular flexibility index (Phi) is 4.63. The number of nitrogens with zero attached hydrogens (tertiary/aromatic N) is 2. The second-order valence-corrected chi connectivity index (χ2v) is 7.70. The lowest BCUT2D eigenvalue weighted by atomic mass is 9.98. The molecule has 1 aliphatic carbocycles. The van der Waals surface area contributed by atoms with Crippen molar-refractivity contribution in [2.45, 2.75) is 12.8 Å². The first-order valence-electron chi connectivity index (χ1n) is 9.12. The normalized spacial score (nSPS) is 13.6. The van der Waals surface area contributed by atoms with Crippen LogP contribution in [-0.2, 0) is 0 Å². The molecule has 1 heterocycles.